The number of ether oxygens (including phenoxy) is 1. The van der Waals surface area contributed by atoms with Crippen LogP contribution < -0.4 is 0 Å². The van der Waals surface area contributed by atoms with Gasteiger partial charge >= 0.3 is 5.97 Å². The predicted molar refractivity (Wildman–Crippen MR) is 68.1 cm³/mol. The molecule has 2 atom stereocenters. The average Bonchev–Trinajstić information content (AvgIpc) is 2.34. The summed E-state index contributed by atoms with van der Waals surface area (Å²) in [5, 5.41) is 19.7. The zero-order chi connectivity index (χ0) is 14.6. The van der Waals surface area contributed by atoms with Crippen LogP contribution in [-0.4, -0.2) is 28.9 Å². The molecule has 0 spiro atoms. The first kappa shape index (κ1) is 15.6. The molecule has 0 aromatic heterocycles. The SMILES string of the molecule is CCOC(=O)CC(O)C(O)c1cc(C)c(F)c(C)c1. The van der Waals surface area contributed by atoms with Crippen LogP contribution in [0.3, 0.4) is 0 Å². The van der Waals surface area contributed by atoms with E-state index >= 15 is 0 Å². The summed E-state index contributed by atoms with van der Waals surface area (Å²) in [5.74, 6) is -0.916. The zero-order valence-corrected chi connectivity index (χ0v) is 11.3. The lowest BCUT2D eigenvalue weighted by molar-refractivity contribution is -0.147. The predicted octanol–water partition coefficient (Wildman–Crippen LogP) is 1.79. The van der Waals surface area contributed by atoms with Gasteiger partial charge in [0.15, 0.2) is 0 Å². The molecule has 0 saturated heterocycles. The van der Waals surface area contributed by atoms with Crippen molar-refractivity contribution in [2.75, 3.05) is 6.61 Å². The molecule has 1 rings (SSSR count). The smallest absolute Gasteiger partial charge is 0.308 e. The number of carbonyl (C=O) groups is 1. The minimum atomic E-state index is -1.27. The van der Waals surface area contributed by atoms with Crippen molar-refractivity contribution in [2.45, 2.75) is 39.4 Å². The molecule has 2 N–H and O–H groups in total. The number of esters is 1. The van der Waals surface area contributed by atoms with Gasteiger partial charge in [-0.15, -0.1) is 0 Å². The topological polar surface area (TPSA) is 66.8 Å². The van der Waals surface area contributed by atoms with Crippen LogP contribution in [0, 0.1) is 19.7 Å². The number of benzene rings is 1. The Morgan fingerprint density at radius 2 is 1.84 bits per heavy atom. The van der Waals surface area contributed by atoms with Crippen molar-refractivity contribution in [1.82, 2.24) is 0 Å². The van der Waals surface area contributed by atoms with Gasteiger partial charge in [-0.2, -0.15) is 0 Å². The van der Waals surface area contributed by atoms with Crippen LogP contribution in [-0.2, 0) is 9.53 Å². The first-order valence-electron chi connectivity index (χ1n) is 6.15. The molecule has 106 valence electrons. The van der Waals surface area contributed by atoms with Crippen LogP contribution in [0.4, 0.5) is 4.39 Å². The molecule has 0 heterocycles. The summed E-state index contributed by atoms with van der Waals surface area (Å²) in [5.41, 5.74) is 1.16. The van der Waals surface area contributed by atoms with Gasteiger partial charge in [-0.05, 0) is 37.5 Å². The van der Waals surface area contributed by atoms with Crippen molar-refractivity contribution < 1.29 is 24.1 Å². The molecule has 0 saturated carbocycles. The van der Waals surface area contributed by atoms with Crippen molar-refractivity contribution in [3.8, 4) is 0 Å². The Hall–Kier alpha value is -1.46. The first-order chi connectivity index (χ1) is 8.86. The summed E-state index contributed by atoms with van der Waals surface area (Å²) < 4.78 is 18.2. The number of hydrogen-bond donors (Lipinski definition) is 2. The number of carbonyl (C=O) groups excluding carboxylic acids is 1. The molecule has 19 heavy (non-hydrogen) atoms. The van der Waals surface area contributed by atoms with Crippen LogP contribution in [0.25, 0.3) is 0 Å². The summed E-state index contributed by atoms with van der Waals surface area (Å²) in [6.07, 6.45) is -2.82. The largest absolute Gasteiger partial charge is 0.466 e. The van der Waals surface area contributed by atoms with E-state index in [9.17, 15) is 19.4 Å². The summed E-state index contributed by atoms with van der Waals surface area (Å²) in [7, 11) is 0. The van der Waals surface area contributed by atoms with Crippen LogP contribution in [0.15, 0.2) is 12.1 Å². The van der Waals surface area contributed by atoms with E-state index in [1.165, 1.54) is 12.1 Å². The van der Waals surface area contributed by atoms with Crippen molar-refractivity contribution in [3.05, 3.63) is 34.6 Å². The molecule has 0 aliphatic rings. The highest BCUT2D eigenvalue weighted by atomic mass is 19.1. The maximum Gasteiger partial charge on any atom is 0.308 e. The lowest BCUT2D eigenvalue weighted by atomic mass is 9.98. The molecule has 4 nitrogen and oxygen atoms in total. The van der Waals surface area contributed by atoms with E-state index in [1.807, 2.05) is 0 Å². The second-order valence-electron chi connectivity index (χ2n) is 4.49. The number of halogens is 1. The third-order valence-electron chi connectivity index (χ3n) is 2.85. The molecule has 5 heteroatoms. The highest BCUT2D eigenvalue weighted by Crippen LogP contribution is 2.23. The Morgan fingerprint density at radius 3 is 2.32 bits per heavy atom. The zero-order valence-electron chi connectivity index (χ0n) is 11.3. The van der Waals surface area contributed by atoms with Crippen molar-refractivity contribution in [1.29, 1.82) is 0 Å². The van der Waals surface area contributed by atoms with Crippen molar-refractivity contribution in [2.24, 2.45) is 0 Å². The Labute approximate surface area is 111 Å². The number of hydrogen-bond acceptors (Lipinski definition) is 4. The summed E-state index contributed by atoms with van der Waals surface area (Å²) in [6, 6.07) is 2.92. The van der Waals surface area contributed by atoms with Gasteiger partial charge in [-0.3, -0.25) is 4.79 Å². The minimum Gasteiger partial charge on any atom is -0.466 e. The second kappa shape index (κ2) is 6.63. The Morgan fingerprint density at radius 1 is 1.32 bits per heavy atom. The number of rotatable bonds is 5. The van der Waals surface area contributed by atoms with E-state index in [4.69, 9.17) is 4.74 Å². The number of aryl methyl sites for hydroxylation is 2. The summed E-state index contributed by atoms with van der Waals surface area (Å²) in [4.78, 5) is 11.2. The molecule has 0 aliphatic heterocycles. The van der Waals surface area contributed by atoms with Gasteiger partial charge in [-0.1, -0.05) is 12.1 Å². The van der Waals surface area contributed by atoms with Gasteiger partial charge in [-0.25, -0.2) is 4.39 Å². The highest BCUT2D eigenvalue weighted by molar-refractivity contribution is 5.70. The second-order valence-corrected chi connectivity index (χ2v) is 4.49. The molecule has 1 aromatic rings. The Bertz CT molecular complexity index is 436. The first-order valence-corrected chi connectivity index (χ1v) is 6.15. The van der Waals surface area contributed by atoms with Crippen LogP contribution >= 0.6 is 0 Å². The molecule has 0 amide bonds. The third kappa shape index (κ3) is 4.01. The van der Waals surface area contributed by atoms with Crippen LogP contribution in [0.5, 0.6) is 0 Å². The molecule has 1 aromatic carbocycles. The fourth-order valence-corrected chi connectivity index (χ4v) is 1.87. The van der Waals surface area contributed by atoms with Crippen LogP contribution in [0.1, 0.15) is 36.1 Å². The van der Waals surface area contributed by atoms with E-state index in [2.05, 4.69) is 0 Å². The van der Waals surface area contributed by atoms with Gasteiger partial charge in [0.25, 0.3) is 0 Å². The lowest BCUT2D eigenvalue weighted by Gasteiger charge is -2.18. The van der Waals surface area contributed by atoms with Gasteiger partial charge in [0.2, 0.25) is 0 Å². The summed E-state index contributed by atoms with van der Waals surface area (Å²) in [6.45, 7) is 5.04. The van der Waals surface area contributed by atoms with Gasteiger partial charge < -0.3 is 14.9 Å². The van der Waals surface area contributed by atoms with E-state index in [0.29, 0.717) is 16.7 Å². The van der Waals surface area contributed by atoms with E-state index in [0.717, 1.165) is 0 Å². The Kier molecular flexibility index (Phi) is 5.44. The molecule has 0 fully saturated rings. The molecule has 0 radical (unpaired) electrons. The fraction of sp³-hybridized carbons (Fsp3) is 0.500. The fourth-order valence-electron chi connectivity index (χ4n) is 1.87. The van der Waals surface area contributed by atoms with Crippen molar-refractivity contribution >= 4 is 5.97 Å². The number of aliphatic hydroxyl groups excluding tert-OH is 2. The van der Waals surface area contributed by atoms with Gasteiger partial charge in [0.05, 0.1) is 19.1 Å². The molecular weight excluding hydrogens is 251 g/mol. The average molecular weight is 270 g/mol. The highest BCUT2D eigenvalue weighted by Gasteiger charge is 2.23. The van der Waals surface area contributed by atoms with Gasteiger partial charge in [0.1, 0.15) is 11.9 Å². The number of aliphatic hydroxyl groups is 2. The molecule has 0 aliphatic carbocycles. The normalized spacial score (nSPS) is 14.0. The molecule has 2 unspecified atom stereocenters. The third-order valence-corrected chi connectivity index (χ3v) is 2.85. The molecular formula is C14H19FO4. The maximum absolute atomic E-state index is 13.5. The maximum atomic E-state index is 13.5. The van der Waals surface area contributed by atoms with Gasteiger partial charge in [0, 0.05) is 0 Å². The summed E-state index contributed by atoms with van der Waals surface area (Å²) >= 11 is 0. The van der Waals surface area contributed by atoms with E-state index < -0.39 is 18.2 Å². The minimum absolute atomic E-state index is 0.219. The molecule has 0 bridgehead atoms. The quantitative estimate of drug-likeness (QED) is 0.800. The van der Waals surface area contributed by atoms with Crippen LogP contribution in [0.2, 0.25) is 0 Å². The standard InChI is InChI=1S/C14H19FO4/c1-4-19-12(17)7-11(16)14(18)10-5-8(2)13(15)9(3)6-10/h5-6,11,14,16,18H,4,7H2,1-3H3. The van der Waals surface area contributed by atoms with E-state index in [-0.39, 0.29) is 18.8 Å². The Balaban J connectivity index is 2.82. The monoisotopic (exact) mass is 270 g/mol. The van der Waals surface area contributed by atoms with Crippen molar-refractivity contribution in [3.63, 3.8) is 0 Å². The van der Waals surface area contributed by atoms with E-state index in [1.54, 1.807) is 20.8 Å². The lowest BCUT2D eigenvalue weighted by Crippen LogP contribution is -2.23.